The summed E-state index contributed by atoms with van der Waals surface area (Å²) in [5, 5.41) is 0. The minimum Gasteiger partial charge on any atom is -0.497 e. The van der Waals surface area contributed by atoms with E-state index in [0.717, 1.165) is 11.3 Å². The van der Waals surface area contributed by atoms with Crippen LogP contribution in [0.25, 0.3) is 0 Å². The summed E-state index contributed by atoms with van der Waals surface area (Å²) >= 11 is 0. The number of hydrogen-bond donors (Lipinski definition) is 0. The number of methoxy groups -OCH3 is 2. The molecule has 3 rings (SSSR count). The molecule has 0 aliphatic carbocycles. The van der Waals surface area contributed by atoms with Gasteiger partial charge in [-0.1, -0.05) is 11.8 Å². The highest BCUT2D eigenvalue weighted by molar-refractivity contribution is 5.68. The lowest BCUT2D eigenvalue weighted by atomic mass is 9.98. The van der Waals surface area contributed by atoms with Crippen molar-refractivity contribution in [2.45, 2.75) is 45.2 Å². The van der Waals surface area contributed by atoms with Gasteiger partial charge < -0.3 is 28.4 Å². The van der Waals surface area contributed by atoms with E-state index in [0.29, 0.717) is 16.9 Å². The molecule has 4 atom stereocenters. The van der Waals surface area contributed by atoms with Crippen molar-refractivity contribution in [2.75, 3.05) is 20.8 Å². The van der Waals surface area contributed by atoms with Crippen LogP contribution in [0.5, 0.6) is 11.5 Å². The van der Waals surface area contributed by atoms with E-state index in [4.69, 9.17) is 28.4 Å². The van der Waals surface area contributed by atoms with Crippen molar-refractivity contribution in [3.05, 3.63) is 59.2 Å². The van der Waals surface area contributed by atoms with Crippen LogP contribution in [0, 0.1) is 11.8 Å². The minimum atomic E-state index is -1.01. The molecule has 1 heterocycles. The average Bonchev–Trinajstić information content (AvgIpc) is 3.17. The lowest BCUT2D eigenvalue weighted by Crippen LogP contribution is -2.40. The summed E-state index contributed by atoms with van der Waals surface area (Å²) in [5.74, 6) is 5.66. The summed E-state index contributed by atoms with van der Waals surface area (Å²) in [6.07, 6.45) is -3.76. The molecule has 9 heteroatoms. The smallest absolute Gasteiger partial charge is 0.303 e. The Labute approximate surface area is 209 Å². The largest absolute Gasteiger partial charge is 0.497 e. The maximum atomic E-state index is 11.9. The Morgan fingerprint density at radius 3 is 2.00 bits per heavy atom. The van der Waals surface area contributed by atoms with Gasteiger partial charge in [-0.3, -0.25) is 14.4 Å². The van der Waals surface area contributed by atoms with Gasteiger partial charge in [-0.25, -0.2) is 0 Å². The molecule has 36 heavy (non-hydrogen) atoms. The van der Waals surface area contributed by atoms with Gasteiger partial charge in [0.25, 0.3) is 0 Å². The quantitative estimate of drug-likeness (QED) is 0.325. The molecule has 0 saturated carbocycles. The van der Waals surface area contributed by atoms with Crippen molar-refractivity contribution in [2.24, 2.45) is 0 Å². The lowest BCUT2D eigenvalue weighted by Gasteiger charge is -2.24. The van der Waals surface area contributed by atoms with E-state index in [1.54, 1.807) is 25.3 Å². The fourth-order valence-corrected chi connectivity index (χ4v) is 3.82. The van der Waals surface area contributed by atoms with Crippen LogP contribution >= 0.6 is 0 Å². The molecular formula is C27H28O9. The van der Waals surface area contributed by atoms with Gasteiger partial charge in [0, 0.05) is 37.5 Å². The first-order chi connectivity index (χ1) is 17.2. The molecule has 0 amide bonds. The fourth-order valence-electron chi connectivity index (χ4n) is 3.82. The molecule has 0 N–H and O–H groups in total. The van der Waals surface area contributed by atoms with Gasteiger partial charge in [-0.15, -0.1) is 0 Å². The Balaban J connectivity index is 1.99. The predicted octanol–water partition coefficient (Wildman–Crippen LogP) is 2.97. The zero-order chi connectivity index (χ0) is 26.2. The van der Waals surface area contributed by atoms with Crippen LogP contribution < -0.4 is 9.47 Å². The van der Waals surface area contributed by atoms with Gasteiger partial charge >= 0.3 is 17.9 Å². The number of benzene rings is 2. The highest BCUT2D eigenvalue weighted by Crippen LogP contribution is 2.41. The van der Waals surface area contributed by atoms with Crippen LogP contribution in [0.4, 0.5) is 0 Å². The van der Waals surface area contributed by atoms with Crippen LogP contribution in [0.2, 0.25) is 0 Å². The number of carbonyl (C=O) groups excluding carboxylic acids is 3. The third-order valence-electron chi connectivity index (χ3n) is 5.34. The summed E-state index contributed by atoms with van der Waals surface area (Å²) in [7, 11) is 3.09. The Kier molecular flexibility index (Phi) is 8.92. The predicted molar refractivity (Wildman–Crippen MR) is 127 cm³/mol. The fraction of sp³-hybridized carbons (Fsp3) is 0.370. The number of ether oxygens (including phenoxy) is 6. The highest BCUT2D eigenvalue weighted by Gasteiger charge is 2.51. The molecule has 0 unspecified atom stereocenters. The monoisotopic (exact) mass is 496 g/mol. The molecule has 190 valence electrons. The first kappa shape index (κ1) is 26.6. The number of carbonyl (C=O) groups is 3. The van der Waals surface area contributed by atoms with Crippen LogP contribution in [0.15, 0.2) is 42.5 Å². The lowest BCUT2D eigenvalue weighted by molar-refractivity contribution is -0.165. The topological polar surface area (TPSA) is 107 Å². The van der Waals surface area contributed by atoms with E-state index in [2.05, 4.69) is 11.8 Å². The van der Waals surface area contributed by atoms with Gasteiger partial charge in [0.1, 0.15) is 30.3 Å². The van der Waals surface area contributed by atoms with Gasteiger partial charge in [-0.2, -0.15) is 0 Å². The minimum absolute atomic E-state index is 0.194. The van der Waals surface area contributed by atoms with Crippen LogP contribution in [-0.4, -0.2) is 57.0 Å². The Hall–Kier alpha value is -4.03. The van der Waals surface area contributed by atoms with E-state index in [-0.39, 0.29) is 6.61 Å². The zero-order valence-electron chi connectivity index (χ0n) is 20.7. The summed E-state index contributed by atoms with van der Waals surface area (Å²) in [4.78, 5) is 35.2. The second-order valence-electron chi connectivity index (χ2n) is 7.98. The summed E-state index contributed by atoms with van der Waals surface area (Å²) in [5.41, 5.74) is 1.98. The van der Waals surface area contributed by atoms with Crippen LogP contribution in [0.3, 0.4) is 0 Å². The van der Waals surface area contributed by atoms with E-state index >= 15 is 0 Å². The molecule has 2 aromatic carbocycles. The molecule has 0 aromatic heterocycles. The van der Waals surface area contributed by atoms with Crippen molar-refractivity contribution < 1.29 is 42.8 Å². The first-order valence-corrected chi connectivity index (χ1v) is 11.2. The second kappa shape index (κ2) is 12.1. The number of rotatable bonds is 7. The van der Waals surface area contributed by atoms with Crippen molar-refractivity contribution in [1.29, 1.82) is 0 Å². The van der Waals surface area contributed by atoms with Crippen LogP contribution in [0.1, 0.15) is 43.6 Å². The molecule has 2 aromatic rings. The third-order valence-corrected chi connectivity index (χ3v) is 5.34. The molecule has 9 nitrogen and oxygen atoms in total. The molecule has 0 bridgehead atoms. The standard InChI is InChI=1S/C27H28O9/c1-16(28)33-15-24-26(34-17(2)29)27(35-18(3)30)25(36-24)22-14-20(10-13-23(22)32-5)7-6-19-8-11-21(31-4)12-9-19/h8-14,24-27H,15H2,1-5H3/t24-,25+,26-,27+/m1/s1. The van der Waals surface area contributed by atoms with E-state index < -0.39 is 42.3 Å². The normalized spacial score (nSPS) is 20.5. The molecular weight excluding hydrogens is 468 g/mol. The molecule has 1 aliphatic rings. The summed E-state index contributed by atoms with van der Waals surface area (Å²) < 4.78 is 32.9. The van der Waals surface area contributed by atoms with Gasteiger partial charge in [0.05, 0.1) is 14.2 Å². The van der Waals surface area contributed by atoms with E-state index in [9.17, 15) is 14.4 Å². The highest BCUT2D eigenvalue weighted by atomic mass is 16.6. The van der Waals surface area contributed by atoms with Gasteiger partial charge in [0.15, 0.2) is 12.2 Å². The molecule has 0 radical (unpaired) electrons. The Morgan fingerprint density at radius 1 is 0.806 bits per heavy atom. The maximum Gasteiger partial charge on any atom is 0.303 e. The molecule has 1 saturated heterocycles. The SMILES string of the molecule is COc1ccc(C#Cc2ccc(OC)c([C@@H]3O[C@H](COC(C)=O)[C@@H](OC(C)=O)[C@H]3OC(C)=O)c2)cc1. The Morgan fingerprint density at radius 2 is 1.42 bits per heavy atom. The summed E-state index contributed by atoms with van der Waals surface area (Å²) in [6.45, 7) is 3.54. The van der Waals surface area contributed by atoms with Crippen molar-refractivity contribution in [3.63, 3.8) is 0 Å². The molecule has 0 spiro atoms. The van der Waals surface area contributed by atoms with E-state index in [1.165, 1.54) is 27.9 Å². The van der Waals surface area contributed by atoms with Crippen molar-refractivity contribution in [3.8, 4) is 23.3 Å². The van der Waals surface area contributed by atoms with Crippen LogP contribution in [-0.2, 0) is 33.3 Å². The summed E-state index contributed by atoms with van der Waals surface area (Å²) in [6, 6.07) is 12.6. The molecule has 1 fully saturated rings. The van der Waals surface area contributed by atoms with E-state index in [1.807, 2.05) is 24.3 Å². The van der Waals surface area contributed by atoms with Crippen molar-refractivity contribution in [1.82, 2.24) is 0 Å². The first-order valence-electron chi connectivity index (χ1n) is 11.2. The van der Waals surface area contributed by atoms with Gasteiger partial charge in [-0.05, 0) is 42.5 Å². The average molecular weight is 497 g/mol. The maximum absolute atomic E-state index is 11.9. The van der Waals surface area contributed by atoms with Gasteiger partial charge in [0.2, 0.25) is 0 Å². The Bertz CT molecular complexity index is 1160. The second-order valence-corrected chi connectivity index (χ2v) is 7.98. The zero-order valence-corrected chi connectivity index (χ0v) is 20.7. The third kappa shape index (κ3) is 6.77. The van der Waals surface area contributed by atoms with Crippen molar-refractivity contribution >= 4 is 17.9 Å². The number of hydrogen-bond acceptors (Lipinski definition) is 9. The number of esters is 3. The molecule has 1 aliphatic heterocycles.